The van der Waals surface area contributed by atoms with Crippen LogP contribution in [-0.2, 0) is 9.47 Å². The predicted octanol–water partition coefficient (Wildman–Crippen LogP) is -0.171. The molecule has 3 atom stereocenters. The second-order valence-corrected chi connectivity index (χ2v) is 4.34. The van der Waals surface area contributed by atoms with Gasteiger partial charge in [-0.15, -0.1) is 0 Å². The molecule has 1 saturated heterocycles. The van der Waals surface area contributed by atoms with E-state index in [1.165, 1.54) is 0 Å². The van der Waals surface area contributed by atoms with Gasteiger partial charge < -0.3 is 30.2 Å². The molecule has 18 heavy (non-hydrogen) atoms. The molecule has 1 aromatic heterocycles. The lowest BCUT2D eigenvalue weighted by Crippen LogP contribution is -2.25. The Morgan fingerprint density at radius 2 is 2.44 bits per heavy atom. The predicted molar refractivity (Wildman–Crippen MR) is 65.2 cm³/mol. The maximum absolute atomic E-state index is 9.07. The summed E-state index contributed by atoms with van der Waals surface area (Å²) >= 11 is 0. The van der Waals surface area contributed by atoms with Crippen LogP contribution in [0.1, 0.15) is 18.7 Å². The van der Waals surface area contributed by atoms with E-state index in [1.807, 2.05) is 23.8 Å². The van der Waals surface area contributed by atoms with Gasteiger partial charge in [-0.3, -0.25) is 0 Å². The molecule has 0 unspecified atom stereocenters. The Balaban J connectivity index is 1.92. The van der Waals surface area contributed by atoms with Crippen LogP contribution in [0.5, 0.6) is 0 Å². The molecule has 0 bridgehead atoms. The number of nitrogens with zero attached hydrogens (tertiary/aromatic N) is 2. The van der Waals surface area contributed by atoms with Gasteiger partial charge in [0.2, 0.25) is 0 Å². The number of nitrogens with one attached hydrogen (secondary N) is 1. The molecule has 0 aromatic carbocycles. The van der Waals surface area contributed by atoms with Crippen LogP contribution in [0.2, 0.25) is 0 Å². The van der Waals surface area contributed by atoms with Gasteiger partial charge >= 0.3 is 0 Å². The molecule has 98 valence electrons. The third-order valence-corrected chi connectivity index (χ3v) is 3.17. The van der Waals surface area contributed by atoms with Crippen LogP contribution in [0, 0.1) is 0 Å². The summed E-state index contributed by atoms with van der Waals surface area (Å²) in [5.41, 5.74) is 6.70. The van der Waals surface area contributed by atoms with Crippen molar-refractivity contribution in [3.63, 3.8) is 0 Å². The first-order valence-electron chi connectivity index (χ1n) is 5.87. The maximum Gasteiger partial charge on any atom is 0.183 e. The van der Waals surface area contributed by atoms with Crippen molar-refractivity contribution in [3.8, 4) is 0 Å². The number of aromatic nitrogens is 1. The van der Waals surface area contributed by atoms with Crippen molar-refractivity contribution in [2.75, 3.05) is 18.6 Å². The van der Waals surface area contributed by atoms with Crippen molar-refractivity contribution in [1.82, 2.24) is 4.57 Å². The van der Waals surface area contributed by atoms with E-state index >= 15 is 0 Å². The topological polar surface area (TPSA) is 94.0 Å². The van der Waals surface area contributed by atoms with Crippen LogP contribution < -0.4 is 11.1 Å². The summed E-state index contributed by atoms with van der Waals surface area (Å²) in [6.07, 6.45) is 0.901. The van der Waals surface area contributed by atoms with E-state index in [0.717, 1.165) is 11.4 Å². The van der Waals surface area contributed by atoms with Crippen LogP contribution in [0.3, 0.4) is 0 Å². The number of anilines is 1. The highest BCUT2D eigenvalue weighted by molar-refractivity contribution is 6.03. The molecule has 0 radical (unpaired) electrons. The Bertz CT molecular complexity index is 485. The number of fused-ring (bicyclic) bond motifs is 1. The maximum atomic E-state index is 9.07. The molecule has 0 amide bonds. The van der Waals surface area contributed by atoms with Crippen LogP contribution in [0.15, 0.2) is 17.3 Å². The minimum Gasteiger partial charge on any atom is -0.391 e. The van der Waals surface area contributed by atoms with Crippen molar-refractivity contribution in [2.24, 2.45) is 10.7 Å². The quantitative estimate of drug-likeness (QED) is 0.679. The lowest BCUT2D eigenvalue weighted by atomic mass is 10.2. The van der Waals surface area contributed by atoms with Gasteiger partial charge in [-0.05, 0) is 13.0 Å². The molecule has 3 rings (SSSR count). The molecule has 0 spiro atoms. The van der Waals surface area contributed by atoms with E-state index in [2.05, 4.69) is 10.3 Å². The van der Waals surface area contributed by atoms with Gasteiger partial charge in [0.05, 0.1) is 12.2 Å². The lowest BCUT2D eigenvalue weighted by Gasteiger charge is -2.21. The Morgan fingerprint density at radius 1 is 1.61 bits per heavy atom. The Hall–Kier alpha value is -1.57. The average Bonchev–Trinajstić information content (AvgIpc) is 2.93. The number of nitrogens with two attached hydrogens (primary N) is 1. The SMILES string of the molecule is C[C@H]1O[C@@H](CO)O[C@H]1n1ccc2c1NCN=C2N. The van der Waals surface area contributed by atoms with Crippen molar-refractivity contribution >= 4 is 11.7 Å². The second kappa shape index (κ2) is 4.27. The number of hydrogen-bond donors (Lipinski definition) is 3. The molecule has 2 aliphatic heterocycles. The van der Waals surface area contributed by atoms with Gasteiger partial charge in [-0.1, -0.05) is 0 Å². The Kier molecular flexibility index (Phi) is 2.73. The summed E-state index contributed by atoms with van der Waals surface area (Å²) in [6, 6.07) is 1.89. The van der Waals surface area contributed by atoms with Gasteiger partial charge in [0.15, 0.2) is 12.5 Å². The van der Waals surface area contributed by atoms with E-state index in [4.69, 9.17) is 20.3 Å². The number of ether oxygens (including phenoxy) is 2. The number of aliphatic hydroxyl groups is 1. The van der Waals surface area contributed by atoms with E-state index in [9.17, 15) is 0 Å². The summed E-state index contributed by atoms with van der Waals surface area (Å²) in [6.45, 7) is 2.21. The number of amidine groups is 1. The van der Waals surface area contributed by atoms with Crippen molar-refractivity contribution in [2.45, 2.75) is 25.5 Å². The molecule has 3 heterocycles. The summed E-state index contributed by atoms with van der Waals surface area (Å²) in [5, 5.41) is 12.2. The molecule has 1 aromatic rings. The fraction of sp³-hybridized carbons (Fsp3) is 0.545. The van der Waals surface area contributed by atoms with Gasteiger partial charge in [0.1, 0.15) is 24.4 Å². The van der Waals surface area contributed by atoms with Crippen molar-refractivity contribution in [3.05, 3.63) is 17.8 Å². The first kappa shape index (κ1) is 11.5. The Morgan fingerprint density at radius 3 is 3.17 bits per heavy atom. The molecule has 0 aliphatic carbocycles. The molecule has 0 saturated carbocycles. The first-order valence-corrected chi connectivity index (χ1v) is 5.87. The number of aliphatic imine (C=N–C) groups is 1. The van der Waals surface area contributed by atoms with Crippen LogP contribution in [0.4, 0.5) is 5.82 Å². The number of rotatable bonds is 2. The molecule has 1 fully saturated rings. The zero-order valence-electron chi connectivity index (χ0n) is 10.0. The van der Waals surface area contributed by atoms with E-state index in [-0.39, 0.29) is 18.9 Å². The summed E-state index contributed by atoms with van der Waals surface area (Å²) in [7, 11) is 0. The van der Waals surface area contributed by atoms with Crippen molar-refractivity contribution in [1.29, 1.82) is 0 Å². The first-order chi connectivity index (χ1) is 8.70. The highest BCUT2D eigenvalue weighted by Crippen LogP contribution is 2.33. The summed E-state index contributed by atoms with van der Waals surface area (Å²) in [4.78, 5) is 4.12. The fourth-order valence-electron chi connectivity index (χ4n) is 2.32. The van der Waals surface area contributed by atoms with Gasteiger partial charge in [-0.25, -0.2) is 4.99 Å². The molecular formula is C11H16N4O3. The van der Waals surface area contributed by atoms with Gasteiger partial charge in [0.25, 0.3) is 0 Å². The average molecular weight is 252 g/mol. The zero-order valence-corrected chi connectivity index (χ0v) is 10.0. The normalized spacial score (nSPS) is 30.8. The van der Waals surface area contributed by atoms with E-state index in [1.54, 1.807) is 0 Å². The van der Waals surface area contributed by atoms with Crippen LogP contribution in [-0.4, -0.2) is 41.2 Å². The minimum atomic E-state index is -0.572. The fourth-order valence-corrected chi connectivity index (χ4v) is 2.32. The Labute approximate surface area is 104 Å². The molecule has 7 heteroatoms. The largest absolute Gasteiger partial charge is 0.391 e. The van der Waals surface area contributed by atoms with Crippen LogP contribution >= 0.6 is 0 Å². The number of hydrogen-bond acceptors (Lipinski definition) is 6. The molecule has 4 N–H and O–H groups in total. The smallest absolute Gasteiger partial charge is 0.183 e. The summed E-state index contributed by atoms with van der Waals surface area (Å²) in [5.74, 6) is 1.40. The molecule has 2 aliphatic rings. The number of aliphatic hydroxyl groups excluding tert-OH is 1. The van der Waals surface area contributed by atoms with Crippen LogP contribution in [0.25, 0.3) is 0 Å². The third kappa shape index (κ3) is 1.67. The lowest BCUT2D eigenvalue weighted by molar-refractivity contribution is -0.102. The monoisotopic (exact) mass is 252 g/mol. The molecular weight excluding hydrogens is 236 g/mol. The van der Waals surface area contributed by atoms with E-state index in [0.29, 0.717) is 12.5 Å². The van der Waals surface area contributed by atoms with Gasteiger partial charge in [0, 0.05) is 6.20 Å². The van der Waals surface area contributed by atoms with Crippen molar-refractivity contribution < 1.29 is 14.6 Å². The highest BCUT2D eigenvalue weighted by Gasteiger charge is 2.35. The third-order valence-electron chi connectivity index (χ3n) is 3.17. The minimum absolute atomic E-state index is 0.138. The standard InChI is InChI=1S/C11H16N4O3/c1-6-11(18-8(4-16)17-6)15-3-2-7-9(12)13-5-14-10(7)15/h2-3,6,8,11,14,16H,4-5H2,1H3,(H2,12,13)/t6-,8-,11-/m1/s1. The zero-order chi connectivity index (χ0) is 12.7. The van der Waals surface area contributed by atoms with E-state index < -0.39 is 6.29 Å². The highest BCUT2D eigenvalue weighted by atomic mass is 16.7. The summed E-state index contributed by atoms with van der Waals surface area (Å²) < 4.78 is 13.0. The van der Waals surface area contributed by atoms with Gasteiger partial charge in [-0.2, -0.15) is 0 Å². The second-order valence-electron chi connectivity index (χ2n) is 4.34. The molecule has 7 nitrogen and oxygen atoms in total.